The zero-order chi connectivity index (χ0) is 20.4. The van der Waals surface area contributed by atoms with E-state index >= 15 is 0 Å². The summed E-state index contributed by atoms with van der Waals surface area (Å²) in [6, 6.07) is 9.65. The lowest BCUT2D eigenvalue weighted by Gasteiger charge is -2.40. The summed E-state index contributed by atoms with van der Waals surface area (Å²) in [6.07, 6.45) is 0.898. The molecule has 6 nitrogen and oxygen atoms in total. The van der Waals surface area contributed by atoms with E-state index in [0.717, 1.165) is 11.3 Å². The summed E-state index contributed by atoms with van der Waals surface area (Å²) < 4.78 is 26.0. The van der Waals surface area contributed by atoms with Gasteiger partial charge in [-0.3, -0.25) is 4.79 Å². The zero-order valence-electron chi connectivity index (χ0n) is 16.5. The number of sulfonamides is 1. The van der Waals surface area contributed by atoms with Gasteiger partial charge in [-0.1, -0.05) is 44.2 Å². The Labute approximate surface area is 171 Å². The molecule has 2 aromatic rings. The maximum Gasteiger partial charge on any atom is 0.236 e. The quantitative estimate of drug-likeness (QED) is 0.773. The highest BCUT2D eigenvalue weighted by molar-refractivity contribution is 7.89. The molecular formula is C20H27N3O3S2. The van der Waals surface area contributed by atoms with Crippen LogP contribution in [0, 0.1) is 0 Å². The Hall–Kier alpha value is -1.77. The topological polar surface area (TPSA) is 79.4 Å². The first-order valence-electron chi connectivity index (χ1n) is 9.59. The molecule has 0 atom stereocenters. The van der Waals surface area contributed by atoms with Crippen molar-refractivity contribution in [3.63, 3.8) is 0 Å². The fourth-order valence-electron chi connectivity index (χ4n) is 3.56. The minimum atomic E-state index is -3.25. The van der Waals surface area contributed by atoms with Crippen molar-refractivity contribution in [2.24, 2.45) is 0 Å². The van der Waals surface area contributed by atoms with Crippen molar-refractivity contribution in [1.82, 2.24) is 9.29 Å². The van der Waals surface area contributed by atoms with Crippen molar-refractivity contribution >= 4 is 32.4 Å². The summed E-state index contributed by atoms with van der Waals surface area (Å²) in [4.78, 5) is 17.9. The minimum absolute atomic E-state index is 0.0780. The summed E-state index contributed by atoms with van der Waals surface area (Å²) in [5, 5.41) is 5.55. The normalized spacial score (nSPS) is 17.6. The molecule has 1 N–H and O–H groups in total. The average Bonchev–Trinajstić information content (AvgIpc) is 3.17. The summed E-state index contributed by atoms with van der Waals surface area (Å²) in [7, 11) is -3.25. The van der Waals surface area contributed by atoms with Gasteiger partial charge in [0.2, 0.25) is 15.9 Å². The molecule has 1 aromatic heterocycles. The number of nitrogens with zero attached hydrogens (tertiary/aromatic N) is 2. The van der Waals surface area contributed by atoms with E-state index in [-0.39, 0.29) is 11.7 Å². The molecule has 1 fully saturated rings. The Morgan fingerprint density at radius 2 is 1.89 bits per heavy atom. The number of nitrogens with one attached hydrogen (secondary N) is 1. The highest BCUT2D eigenvalue weighted by atomic mass is 32.2. The lowest BCUT2D eigenvalue weighted by molar-refractivity contribution is -0.123. The van der Waals surface area contributed by atoms with Crippen molar-refractivity contribution in [2.45, 2.75) is 44.9 Å². The van der Waals surface area contributed by atoms with E-state index in [1.165, 1.54) is 15.6 Å². The highest BCUT2D eigenvalue weighted by Gasteiger charge is 2.44. The summed E-state index contributed by atoms with van der Waals surface area (Å²) >= 11 is 1.42. The number of carbonyl (C=O) groups is 1. The van der Waals surface area contributed by atoms with Crippen molar-refractivity contribution in [3.8, 4) is 0 Å². The van der Waals surface area contributed by atoms with Gasteiger partial charge in [-0.15, -0.1) is 11.3 Å². The van der Waals surface area contributed by atoms with Crippen molar-refractivity contribution < 1.29 is 13.2 Å². The molecule has 1 aliphatic rings. The van der Waals surface area contributed by atoms with E-state index in [1.54, 1.807) is 6.92 Å². The van der Waals surface area contributed by atoms with Gasteiger partial charge in [0.15, 0.2) is 5.13 Å². The molecule has 1 amide bonds. The molecule has 8 heteroatoms. The number of rotatable bonds is 6. The molecule has 0 radical (unpaired) electrons. The molecule has 0 spiro atoms. The fourth-order valence-corrected chi connectivity index (χ4v) is 5.53. The predicted molar refractivity (Wildman–Crippen MR) is 113 cm³/mol. The number of hydrogen-bond donors (Lipinski definition) is 1. The Bertz CT molecular complexity index is 915. The number of piperidine rings is 1. The smallest absolute Gasteiger partial charge is 0.236 e. The monoisotopic (exact) mass is 421 g/mol. The molecule has 0 saturated carbocycles. The molecule has 1 aromatic carbocycles. The second kappa shape index (κ2) is 8.31. The third-order valence-electron chi connectivity index (χ3n) is 5.43. The first-order valence-corrected chi connectivity index (χ1v) is 12.1. The van der Waals surface area contributed by atoms with Crippen molar-refractivity contribution in [2.75, 3.05) is 24.2 Å². The maximum atomic E-state index is 13.4. The third-order valence-corrected chi connectivity index (χ3v) is 8.09. The number of benzene rings is 1. The molecule has 0 bridgehead atoms. The fraction of sp³-hybridized carbons (Fsp3) is 0.500. The molecule has 1 aliphatic heterocycles. The van der Waals surface area contributed by atoms with Crippen molar-refractivity contribution in [3.05, 3.63) is 47.0 Å². The third kappa shape index (κ3) is 4.14. The van der Waals surface area contributed by atoms with Crippen LogP contribution in [0.5, 0.6) is 0 Å². The van der Waals surface area contributed by atoms with Crippen LogP contribution < -0.4 is 5.32 Å². The van der Waals surface area contributed by atoms with Crippen LogP contribution in [0.2, 0.25) is 0 Å². The number of aromatic nitrogens is 1. The van der Waals surface area contributed by atoms with E-state index in [2.05, 4.69) is 24.1 Å². The molecule has 152 valence electrons. The van der Waals surface area contributed by atoms with Gasteiger partial charge in [0.25, 0.3) is 0 Å². The van der Waals surface area contributed by atoms with E-state index in [9.17, 15) is 13.2 Å². The Morgan fingerprint density at radius 1 is 1.25 bits per heavy atom. The van der Waals surface area contributed by atoms with E-state index in [1.807, 2.05) is 35.7 Å². The first-order chi connectivity index (χ1) is 13.3. The standard InChI is InChI=1S/C20H27N3O3S2/c1-4-28(25,26)23-12-10-20(11-13-23,16-8-6-5-7-9-16)18(24)22-19-21-17(14-27-19)15(2)3/h5-9,14-15H,4,10-13H2,1-3H3,(H,21,22,24). The van der Waals surface area contributed by atoms with Crippen LogP contribution in [0.1, 0.15) is 50.8 Å². The van der Waals surface area contributed by atoms with E-state index < -0.39 is 15.4 Å². The van der Waals surface area contributed by atoms with Crippen LogP contribution in [-0.2, 0) is 20.2 Å². The molecule has 0 aliphatic carbocycles. The Morgan fingerprint density at radius 3 is 2.43 bits per heavy atom. The van der Waals surface area contributed by atoms with Gasteiger partial charge in [-0.25, -0.2) is 17.7 Å². The zero-order valence-corrected chi connectivity index (χ0v) is 18.1. The lowest BCUT2D eigenvalue weighted by Crippen LogP contribution is -2.51. The van der Waals surface area contributed by atoms with Crippen molar-refractivity contribution in [1.29, 1.82) is 0 Å². The second-order valence-corrected chi connectivity index (χ2v) is 10.5. The summed E-state index contributed by atoms with van der Waals surface area (Å²) in [6.45, 7) is 6.46. The van der Waals surface area contributed by atoms with Crippen LogP contribution in [0.3, 0.4) is 0 Å². The van der Waals surface area contributed by atoms with Gasteiger partial charge in [0.05, 0.1) is 16.9 Å². The number of amides is 1. The number of thiazole rings is 1. The van der Waals surface area contributed by atoms with Gasteiger partial charge in [-0.05, 0) is 31.2 Å². The molecule has 3 rings (SSSR count). The van der Waals surface area contributed by atoms with Gasteiger partial charge in [-0.2, -0.15) is 0 Å². The lowest BCUT2D eigenvalue weighted by atomic mass is 9.72. The predicted octanol–water partition coefficient (Wildman–Crippen LogP) is 3.59. The number of hydrogen-bond acceptors (Lipinski definition) is 5. The highest BCUT2D eigenvalue weighted by Crippen LogP contribution is 2.38. The van der Waals surface area contributed by atoms with Crippen LogP contribution in [0.4, 0.5) is 5.13 Å². The molecule has 0 unspecified atom stereocenters. The minimum Gasteiger partial charge on any atom is -0.301 e. The van der Waals surface area contributed by atoms with Crippen LogP contribution >= 0.6 is 11.3 Å². The maximum absolute atomic E-state index is 13.4. The average molecular weight is 422 g/mol. The second-order valence-electron chi connectivity index (χ2n) is 7.43. The number of carbonyl (C=O) groups excluding carboxylic acids is 1. The van der Waals surface area contributed by atoms with Gasteiger partial charge >= 0.3 is 0 Å². The van der Waals surface area contributed by atoms with Crippen LogP contribution in [0.15, 0.2) is 35.7 Å². The molecular weight excluding hydrogens is 394 g/mol. The van der Waals surface area contributed by atoms with Gasteiger partial charge in [0, 0.05) is 18.5 Å². The largest absolute Gasteiger partial charge is 0.301 e. The van der Waals surface area contributed by atoms with Crippen LogP contribution in [0.25, 0.3) is 0 Å². The van der Waals surface area contributed by atoms with Crippen LogP contribution in [-0.4, -0.2) is 42.5 Å². The SMILES string of the molecule is CCS(=O)(=O)N1CCC(C(=O)Nc2nc(C(C)C)cs2)(c2ccccc2)CC1. The summed E-state index contributed by atoms with van der Waals surface area (Å²) in [5.41, 5.74) is 1.12. The van der Waals surface area contributed by atoms with Gasteiger partial charge in [0.1, 0.15) is 0 Å². The first kappa shape index (κ1) is 21.0. The number of anilines is 1. The van der Waals surface area contributed by atoms with Gasteiger partial charge < -0.3 is 5.32 Å². The van der Waals surface area contributed by atoms with E-state index in [4.69, 9.17) is 0 Å². The van der Waals surface area contributed by atoms with E-state index in [0.29, 0.717) is 37.0 Å². The molecule has 1 saturated heterocycles. The molecule has 2 heterocycles. The Balaban J connectivity index is 1.87. The Kier molecular flexibility index (Phi) is 6.21. The molecule has 28 heavy (non-hydrogen) atoms. The summed E-state index contributed by atoms with van der Waals surface area (Å²) in [5.74, 6) is 0.263.